The van der Waals surface area contributed by atoms with Crippen LogP contribution in [0.3, 0.4) is 0 Å². The Balaban J connectivity index is 0.000000283. The monoisotopic (exact) mass is 578 g/mol. The number of aldehydes is 1. The van der Waals surface area contributed by atoms with E-state index in [1.54, 1.807) is 4.90 Å². The predicted molar refractivity (Wildman–Crippen MR) is 154 cm³/mol. The third kappa shape index (κ3) is 5.20. The molecule has 1 unspecified atom stereocenters. The zero-order valence-corrected chi connectivity index (χ0v) is 24.0. The van der Waals surface area contributed by atoms with Gasteiger partial charge in [0.15, 0.2) is 0 Å². The third-order valence-electron chi connectivity index (χ3n) is 7.67. The molecule has 0 spiro atoms. The van der Waals surface area contributed by atoms with Crippen molar-refractivity contribution in [3.05, 3.63) is 81.5 Å². The summed E-state index contributed by atoms with van der Waals surface area (Å²) in [6.07, 6.45) is 3.11. The molecule has 3 heterocycles. The number of likely N-dealkylation sites (N-methyl/N-ethyl adjacent to an activating group) is 1. The lowest BCUT2D eigenvalue weighted by Gasteiger charge is -2.38. The molecule has 0 aliphatic carbocycles. The molecule has 1 fully saturated rings. The highest BCUT2D eigenvalue weighted by Gasteiger charge is 2.32. The fourth-order valence-corrected chi connectivity index (χ4v) is 6.09. The Morgan fingerprint density at radius 3 is 2.55 bits per heavy atom. The molecule has 1 saturated heterocycles. The molecular weight excluding hydrogens is 544 g/mol. The number of nitrogens with zero attached hydrogens (tertiary/aromatic N) is 3. The minimum absolute atomic E-state index is 0.0228. The summed E-state index contributed by atoms with van der Waals surface area (Å²) in [7, 11) is 1.90. The second-order valence-corrected chi connectivity index (χ2v) is 10.8. The number of nitrogens with one attached hydrogen (secondary N) is 1. The normalized spacial score (nSPS) is 16.8. The van der Waals surface area contributed by atoms with E-state index in [-0.39, 0.29) is 24.4 Å². The molecule has 0 bridgehead atoms. The van der Waals surface area contributed by atoms with Crippen LogP contribution in [0.15, 0.2) is 53.5 Å². The van der Waals surface area contributed by atoms with Crippen molar-refractivity contribution in [1.82, 2.24) is 19.7 Å². The maximum atomic E-state index is 13.7. The van der Waals surface area contributed by atoms with Gasteiger partial charge in [-0.15, -0.1) is 0 Å². The highest BCUT2D eigenvalue weighted by molar-refractivity contribution is 9.10. The number of carbonyl (C=O) groups excluding carboxylic acids is 3. The molecule has 2 aliphatic heterocycles. The lowest BCUT2D eigenvalue weighted by Crippen LogP contribution is -2.58. The van der Waals surface area contributed by atoms with Gasteiger partial charge in [0.1, 0.15) is 6.29 Å². The van der Waals surface area contributed by atoms with Gasteiger partial charge in [0, 0.05) is 41.2 Å². The zero-order chi connectivity index (χ0) is 27.6. The number of halogens is 1. The SMILES string of the molecule is C=CC(=O)N1CC(NC)C1.Cc1cc(Br)cc2c(C(=O)N3CCc4ccccc4C3C)c(C)n(CC=O)c12. The van der Waals surface area contributed by atoms with E-state index in [0.717, 1.165) is 52.4 Å². The van der Waals surface area contributed by atoms with E-state index in [4.69, 9.17) is 0 Å². The van der Waals surface area contributed by atoms with E-state index in [2.05, 4.69) is 52.9 Å². The summed E-state index contributed by atoms with van der Waals surface area (Å²) >= 11 is 3.56. The Hall–Kier alpha value is -3.23. The number of hydrogen-bond acceptors (Lipinski definition) is 4. The van der Waals surface area contributed by atoms with Crippen molar-refractivity contribution < 1.29 is 14.4 Å². The van der Waals surface area contributed by atoms with Gasteiger partial charge in [-0.05, 0) is 69.1 Å². The molecule has 1 atom stereocenters. The molecule has 1 aromatic heterocycles. The Morgan fingerprint density at radius 2 is 1.89 bits per heavy atom. The van der Waals surface area contributed by atoms with Crippen molar-refractivity contribution in [2.45, 2.75) is 45.8 Å². The Labute approximate surface area is 232 Å². The summed E-state index contributed by atoms with van der Waals surface area (Å²) < 4.78 is 2.90. The van der Waals surface area contributed by atoms with Crippen LogP contribution in [0.5, 0.6) is 0 Å². The molecule has 2 amide bonds. The number of benzene rings is 2. The zero-order valence-electron chi connectivity index (χ0n) is 22.5. The number of hydrogen-bond donors (Lipinski definition) is 1. The summed E-state index contributed by atoms with van der Waals surface area (Å²) in [5.41, 5.74) is 6.09. The molecule has 5 rings (SSSR count). The third-order valence-corrected chi connectivity index (χ3v) is 8.13. The molecular formula is C30H35BrN4O3. The molecule has 0 saturated carbocycles. The second kappa shape index (κ2) is 11.7. The molecule has 3 aromatic rings. The first kappa shape index (κ1) is 27.8. The van der Waals surface area contributed by atoms with E-state index < -0.39 is 0 Å². The average Bonchev–Trinajstić information content (AvgIpc) is 3.15. The van der Waals surface area contributed by atoms with E-state index in [1.807, 2.05) is 48.6 Å². The lowest BCUT2D eigenvalue weighted by atomic mass is 9.93. The molecule has 200 valence electrons. The van der Waals surface area contributed by atoms with Gasteiger partial charge in [0.25, 0.3) is 5.91 Å². The van der Waals surface area contributed by atoms with Gasteiger partial charge >= 0.3 is 0 Å². The summed E-state index contributed by atoms with van der Waals surface area (Å²) in [5, 5.41) is 3.99. The lowest BCUT2D eigenvalue weighted by molar-refractivity contribution is -0.130. The van der Waals surface area contributed by atoms with Gasteiger partial charge in [0.05, 0.1) is 23.7 Å². The first-order valence-electron chi connectivity index (χ1n) is 12.9. The fourth-order valence-electron chi connectivity index (χ4n) is 5.52. The van der Waals surface area contributed by atoms with Gasteiger partial charge in [-0.25, -0.2) is 0 Å². The van der Waals surface area contributed by atoms with Crippen LogP contribution in [0.1, 0.15) is 45.7 Å². The van der Waals surface area contributed by atoms with Crippen molar-refractivity contribution in [3.63, 3.8) is 0 Å². The molecule has 38 heavy (non-hydrogen) atoms. The van der Waals surface area contributed by atoms with Crippen LogP contribution in [0.4, 0.5) is 0 Å². The van der Waals surface area contributed by atoms with Gasteiger partial charge in [0.2, 0.25) is 5.91 Å². The van der Waals surface area contributed by atoms with E-state index in [1.165, 1.54) is 17.2 Å². The summed E-state index contributed by atoms with van der Waals surface area (Å²) in [4.78, 5) is 39.6. The van der Waals surface area contributed by atoms with Crippen LogP contribution in [0, 0.1) is 13.8 Å². The quantitative estimate of drug-likeness (QED) is 0.355. The Kier molecular flexibility index (Phi) is 8.53. The molecule has 2 aromatic carbocycles. The first-order valence-corrected chi connectivity index (χ1v) is 13.7. The molecule has 1 N–H and O–H groups in total. The van der Waals surface area contributed by atoms with Crippen molar-refractivity contribution in [1.29, 1.82) is 0 Å². The smallest absolute Gasteiger partial charge is 0.256 e. The van der Waals surface area contributed by atoms with Gasteiger partial charge < -0.3 is 24.5 Å². The fraction of sp³-hybridized carbons (Fsp3) is 0.367. The van der Waals surface area contributed by atoms with Crippen LogP contribution in [-0.2, 0) is 22.6 Å². The van der Waals surface area contributed by atoms with E-state index in [0.29, 0.717) is 18.2 Å². The maximum Gasteiger partial charge on any atom is 0.256 e. The van der Waals surface area contributed by atoms with Gasteiger partial charge in [-0.1, -0.05) is 46.8 Å². The van der Waals surface area contributed by atoms with Crippen LogP contribution in [0.25, 0.3) is 10.9 Å². The summed E-state index contributed by atoms with van der Waals surface area (Å²) in [6.45, 7) is 12.0. The van der Waals surface area contributed by atoms with Crippen molar-refractivity contribution >= 4 is 44.9 Å². The molecule has 8 heteroatoms. The van der Waals surface area contributed by atoms with Gasteiger partial charge in [-0.2, -0.15) is 0 Å². The Bertz CT molecular complexity index is 1390. The molecule has 0 radical (unpaired) electrons. The van der Waals surface area contributed by atoms with E-state index in [9.17, 15) is 14.4 Å². The number of aromatic nitrogens is 1. The predicted octanol–water partition coefficient (Wildman–Crippen LogP) is 4.58. The number of rotatable bonds is 5. The Morgan fingerprint density at radius 1 is 1.18 bits per heavy atom. The van der Waals surface area contributed by atoms with Gasteiger partial charge in [-0.3, -0.25) is 9.59 Å². The maximum absolute atomic E-state index is 13.7. The summed E-state index contributed by atoms with van der Waals surface area (Å²) in [6, 6.07) is 12.9. The van der Waals surface area contributed by atoms with Crippen LogP contribution in [0.2, 0.25) is 0 Å². The van der Waals surface area contributed by atoms with Crippen LogP contribution in [-0.4, -0.2) is 65.2 Å². The minimum atomic E-state index is 0.0228. The van der Waals surface area contributed by atoms with E-state index >= 15 is 0 Å². The standard InChI is InChI=1S/C23H23BrN2O2.C7H12N2O/c1-14-12-18(24)13-20-21(16(3)25(10-11-27)22(14)20)23(28)26-9-8-17-6-4-5-7-19(17)15(26)2;1-3-7(10)9-4-6(5-9)8-2/h4-7,11-13,15H,8-10H2,1-3H3;3,6,8H,1,4-5H2,2H3. The number of carbonyl (C=O) groups is 3. The largest absolute Gasteiger partial charge is 0.337 e. The molecule has 7 nitrogen and oxygen atoms in total. The number of amides is 2. The topological polar surface area (TPSA) is 74.7 Å². The minimum Gasteiger partial charge on any atom is -0.337 e. The van der Waals surface area contributed by atoms with Crippen molar-refractivity contribution in [2.24, 2.45) is 0 Å². The molecule has 2 aliphatic rings. The van der Waals surface area contributed by atoms with Crippen LogP contribution >= 0.6 is 15.9 Å². The number of fused-ring (bicyclic) bond motifs is 2. The van der Waals surface area contributed by atoms with Crippen molar-refractivity contribution in [3.8, 4) is 0 Å². The van der Waals surface area contributed by atoms with Crippen LogP contribution < -0.4 is 5.32 Å². The first-order chi connectivity index (χ1) is 18.2. The number of likely N-dealkylation sites (tertiary alicyclic amines) is 1. The second-order valence-electron chi connectivity index (χ2n) is 9.91. The number of aryl methyl sites for hydroxylation is 1. The van der Waals surface area contributed by atoms with Crippen molar-refractivity contribution in [2.75, 3.05) is 26.7 Å². The highest BCUT2D eigenvalue weighted by atomic mass is 79.9. The average molecular weight is 580 g/mol. The summed E-state index contributed by atoms with van der Waals surface area (Å²) in [5.74, 6) is 0.0677. The highest BCUT2D eigenvalue weighted by Crippen LogP contribution is 2.36.